The van der Waals surface area contributed by atoms with E-state index in [4.69, 9.17) is 0 Å². The van der Waals surface area contributed by atoms with E-state index in [2.05, 4.69) is 9.80 Å². The van der Waals surface area contributed by atoms with Gasteiger partial charge in [-0.05, 0) is 88.1 Å². The standard InChI is InChI=1S/C22H31FN2O2/c1-16-4-5-18(23)14-17(16)15-24-12-2-10-22(24)11-3-13-25(21(22)27)19-6-8-20(26)9-7-19/h4-5,14,19-20,26H,2-3,6-13,15H2,1H3. The molecule has 1 amide bonds. The van der Waals surface area contributed by atoms with Gasteiger partial charge in [-0.3, -0.25) is 9.69 Å². The lowest BCUT2D eigenvalue weighted by Gasteiger charge is -2.48. The second-order valence-corrected chi connectivity index (χ2v) is 8.69. The third kappa shape index (κ3) is 3.52. The molecule has 1 N–H and O–H groups in total. The van der Waals surface area contributed by atoms with Gasteiger partial charge < -0.3 is 10.0 Å². The van der Waals surface area contributed by atoms with Gasteiger partial charge >= 0.3 is 0 Å². The molecule has 27 heavy (non-hydrogen) atoms. The summed E-state index contributed by atoms with van der Waals surface area (Å²) in [6, 6.07) is 5.23. The molecule has 0 aromatic heterocycles. The van der Waals surface area contributed by atoms with E-state index in [-0.39, 0.29) is 23.9 Å². The first-order chi connectivity index (χ1) is 13.0. The van der Waals surface area contributed by atoms with Crippen molar-refractivity contribution in [2.45, 2.75) is 82.5 Å². The van der Waals surface area contributed by atoms with Crippen LogP contribution in [0.1, 0.15) is 62.5 Å². The maximum atomic E-state index is 13.8. The Morgan fingerprint density at radius 3 is 2.59 bits per heavy atom. The summed E-state index contributed by atoms with van der Waals surface area (Å²) >= 11 is 0. The van der Waals surface area contributed by atoms with Crippen LogP contribution in [0.25, 0.3) is 0 Å². The van der Waals surface area contributed by atoms with Crippen molar-refractivity contribution >= 4 is 5.91 Å². The molecule has 2 heterocycles. The molecule has 5 heteroatoms. The van der Waals surface area contributed by atoms with Crippen LogP contribution in [0, 0.1) is 12.7 Å². The Labute approximate surface area is 161 Å². The van der Waals surface area contributed by atoms with Gasteiger partial charge in [0.15, 0.2) is 0 Å². The number of benzene rings is 1. The number of carbonyl (C=O) groups excluding carboxylic acids is 1. The van der Waals surface area contributed by atoms with Crippen LogP contribution in [0.15, 0.2) is 18.2 Å². The van der Waals surface area contributed by atoms with Crippen LogP contribution in [-0.4, -0.2) is 51.6 Å². The van der Waals surface area contributed by atoms with Gasteiger partial charge in [0.1, 0.15) is 11.4 Å². The average molecular weight is 375 g/mol. The molecule has 4 nitrogen and oxygen atoms in total. The molecule has 1 unspecified atom stereocenters. The summed E-state index contributed by atoms with van der Waals surface area (Å²) in [6.07, 6.45) is 7.09. The second-order valence-electron chi connectivity index (χ2n) is 8.69. The molecule has 1 saturated carbocycles. The SMILES string of the molecule is Cc1ccc(F)cc1CN1CCCC12CCCN(C1CCC(O)CC1)C2=O. The largest absolute Gasteiger partial charge is 0.393 e. The number of aliphatic hydroxyl groups excluding tert-OH is 1. The van der Waals surface area contributed by atoms with Gasteiger partial charge in [-0.2, -0.15) is 0 Å². The Morgan fingerprint density at radius 2 is 1.85 bits per heavy atom. The van der Waals surface area contributed by atoms with Crippen LogP contribution in [0.2, 0.25) is 0 Å². The molecule has 3 fully saturated rings. The molecular weight excluding hydrogens is 343 g/mol. The van der Waals surface area contributed by atoms with E-state index in [1.165, 1.54) is 6.07 Å². The molecule has 0 bridgehead atoms. The van der Waals surface area contributed by atoms with Crippen LogP contribution in [0.5, 0.6) is 0 Å². The minimum absolute atomic E-state index is 0.200. The molecular formula is C22H31FN2O2. The Balaban J connectivity index is 1.54. The lowest BCUT2D eigenvalue weighted by atomic mass is 9.82. The van der Waals surface area contributed by atoms with Gasteiger partial charge in [0.2, 0.25) is 5.91 Å². The summed E-state index contributed by atoms with van der Waals surface area (Å²) in [5.41, 5.74) is 1.66. The fourth-order valence-electron chi connectivity index (χ4n) is 5.44. The predicted molar refractivity (Wildman–Crippen MR) is 103 cm³/mol. The van der Waals surface area contributed by atoms with Crippen molar-refractivity contribution in [3.8, 4) is 0 Å². The molecule has 4 rings (SSSR count). The summed E-state index contributed by atoms with van der Waals surface area (Å²) in [6.45, 7) is 4.40. The third-order valence-electron chi connectivity index (χ3n) is 7.05. The lowest BCUT2D eigenvalue weighted by Crippen LogP contribution is -2.62. The zero-order chi connectivity index (χ0) is 19.0. The number of carbonyl (C=O) groups is 1. The van der Waals surface area contributed by atoms with Gasteiger partial charge in [0.05, 0.1) is 6.10 Å². The second kappa shape index (κ2) is 7.51. The van der Waals surface area contributed by atoms with Crippen molar-refractivity contribution < 1.29 is 14.3 Å². The Bertz CT molecular complexity index is 702. The Hall–Kier alpha value is -1.46. The number of piperidine rings is 1. The van der Waals surface area contributed by atoms with Crippen molar-refractivity contribution in [2.75, 3.05) is 13.1 Å². The number of likely N-dealkylation sites (tertiary alicyclic amines) is 2. The molecule has 1 spiro atoms. The number of hydrogen-bond acceptors (Lipinski definition) is 3. The van der Waals surface area contributed by atoms with Gasteiger partial charge in [-0.15, -0.1) is 0 Å². The fourth-order valence-corrected chi connectivity index (χ4v) is 5.44. The summed E-state index contributed by atoms with van der Waals surface area (Å²) in [7, 11) is 0. The zero-order valence-electron chi connectivity index (χ0n) is 16.3. The summed E-state index contributed by atoms with van der Waals surface area (Å²) in [5.74, 6) is 0.0721. The molecule has 0 radical (unpaired) electrons. The van der Waals surface area contributed by atoms with Gasteiger partial charge in [0.25, 0.3) is 0 Å². The first kappa shape index (κ1) is 18.9. The maximum Gasteiger partial charge on any atom is 0.243 e. The van der Waals surface area contributed by atoms with Crippen LogP contribution in [0.3, 0.4) is 0 Å². The zero-order valence-corrected chi connectivity index (χ0v) is 16.3. The number of aryl methyl sites for hydroxylation is 1. The molecule has 2 saturated heterocycles. The highest BCUT2D eigenvalue weighted by Gasteiger charge is 2.51. The van der Waals surface area contributed by atoms with Gasteiger partial charge in [0, 0.05) is 19.1 Å². The molecule has 1 aromatic rings. The van der Waals surface area contributed by atoms with Crippen LogP contribution < -0.4 is 0 Å². The van der Waals surface area contributed by atoms with Gasteiger partial charge in [-0.25, -0.2) is 4.39 Å². The Morgan fingerprint density at radius 1 is 1.15 bits per heavy atom. The van der Waals surface area contributed by atoms with Crippen LogP contribution in [-0.2, 0) is 11.3 Å². The van der Waals surface area contributed by atoms with Crippen molar-refractivity contribution in [1.29, 1.82) is 0 Å². The van der Waals surface area contributed by atoms with E-state index >= 15 is 0 Å². The molecule has 1 atom stereocenters. The normalized spacial score (nSPS) is 32.4. The first-order valence-corrected chi connectivity index (χ1v) is 10.5. The molecule has 1 aliphatic carbocycles. The van der Waals surface area contributed by atoms with E-state index in [1.807, 2.05) is 13.0 Å². The maximum absolute atomic E-state index is 13.8. The quantitative estimate of drug-likeness (QED) is 0.882. The highest BCUT2D eigenvalue weighted by atomic mass is 19.1. The summed E-state index contributed by atoms with van der Waals surface area (Å²) in [4.78, 5) is 18.1. The third-order valence-corrected chi connectivity index (χ3v) is 7.05. The minimum atomic E-state index is -0.410. The van der Waals surface area contributed by atoms with E-state index in [0.717, 1.165) is 75.6 Å². The lowest BCUT2D eigenvalue weighted by molar-refractivity contribution is -0.152. The molecule has 148 valence electrons. The molecule has 3 aliphatic rings. The summed E-state index contributed by atoms with van der Waals surface area (Å²) in [5, 5.41) is 9.81. The van der Waals surface area contributed by atoms with E-state index in [0.29, 0.717) is 6.54 Å². The van der Waals surface area contributed by atoms with Crippen molar-refractivity contribution in [2.24, 2.45) is 0 Å². The molecule has 1 aromatic carbocycles. The van der Waals surface area contributed by atoms with E-state index in [1.54, 1.807) is 6.07 Å². The number of nitrogens with zero attached hydrogens (tertiary/aromatic N) is 2. The van der Waals surface area contributed by atoms with E-state index in [9.17, 15) is 14.3 Å². The average Bonchev–Trinajstić information content (AvgIpc) is 3.05. The first-order valence-electron chi connectivity index (χ1n) is 10.5. The van der Waals surface area contributed by atoms with Crippen molar-refractivity contribution in [3.05, 3.63) is 35.1 Å². The highest BCUT2D eigenvalue weighted by Crippen LogP contribution is 2.41. The minimum Gasteiger partial charge on any atom is -0.393 e. The highest BCUT2D eigenvalue weighted by molar-refractivity contribution is 5.88. The predicted octanol–water partition coefficient (Wildman–Crippen LogP) is 3.39. The topological polar surface area (TPSA) is 43.8 Å². The fraction of sp³-hybridized carbons (Fsp3) is 0.682. The number of halogens is 1. The van der Waals surface area contributed by atoms with Crippen LogP contribution in [0.4, 0.5) is 4.39 Å². The van der Waals surface area contributed by atoms with Crippen LogP contribution >= 0.6 is 0 Å². The summed E-state index contributed by atoms with van der Waals surface area (Å²) < 4.78 is 13.8. The number of hydrogen-bond donors (Lipinski definition) is 1. The van der Waals surface area contributed by atoms with E-state index < -0.39 is 5.54 Å². The van der Waals surface area contributed by atoms with Gasteiger partial charge in [-0.1, -0.05) is 6.07 Å². The van der Waals surface area contributed by atoms with Crippen molar-refractivity contribution in [3.63, 3.8) is 0 Å². The number of rotatable bonds is 3. The smallest absolute Gasteiger partial charge is 0.243 e. The monoisotopic (exact) mass is 374 g/mol. The number of amides is 1. The number of aliphatic hydroxyl groups is 1. The van der Waals surface area contributed by atoms with Crippen molar-refractivity contribution in [1.82, 2.24) is 9.80 Å². The molecule has 2 aliphatic heterocycles. The Kier molecular flexibility index (Phi) is 5.26.